The quantitative estimate of drug-likeness (QED) is 0.694. The molecule has 0 spiro atoms. The number of hydrogen-bond donors (Lipinski definition) is 1. The molecule has 0 atom stereocenters. The van der Waals surface area contributed by atoms with Gasteiger partial charge in [0.05, 0.1) is 0 Å². The average molecular weight is 202 g/mol. The van der Waals surface area contributed by atoms with Crippen LogP contribution in [0.15, 0.2) is 0 Å². The summed E-state index contributed by atoms with van der Waals surface area (Å²) in [5, 5.41) is 0. The summed E-state index contributed by atoms with van der Waals surface area (Å²) >= 11 is 0. The summed E-state index contributed by atoms with van der Waals surface area (Å²) in [7, 11) is 0. The highest BCUT2D eigenvalue weighted by Gasteiger charge is 2.67. The minimum atomic E-state index is 0. The summed E-state index contributed by atoms with van der Waals surface area (Å²) in [5.74, 6) is 1.07. The maximum Gasteiger partial charge on any atom is 0.0170 e. The molecule has 0 aromatic carbocycles. The molecule has 0 aliphatic heterocycles. The second-order valence-electron chi connectivity index (χ2n) is 5.59. The van der Waals surface area contributed by atoms with Gasteiger partial charge in [-0.1, -0.05) is 19.3 Å². The van der Waals surface area contributed by atoms with Crippen molar-refractivity contribution in [2.75, 3.05) is 0 Å². The Morgan fingerprint density at radius 1 is 0.923 bits per heavy atom. The largest absolute Gasteiger partial charge is 0.325 e. The molecule has 76 valence electrons. The number of hydrogen-bond acceptors (Lipinski definition) is 1. The van der Waals surface area contributed by atoms with Crippen LogP contribution in [-0.4, -0.2) is 5.54 Å². The maximum atomic E-state index is 6.08. The topological polar surface area (TPSA) is 26.0 Å². The van der Waals surface area contributed by atoms with E-state index in [1.807, 2.05) is 0 Å². The van der Waals surface area contributed by atoms with Crippen LogP contribution < -0.4 is 5.73 Å². The van der Waals surface area contributed by atoms with Gasteiger partial charge in [0.1, 0.15) is 0 Å². The third kappa shape index (κ3) is 1.24. The Hall–Kier alpha value is 0.250. The summed E-state index contributed by atoms with van der Waals surface area (Å²) in [6, 6.07) is 0. The van der Waals surface area contributed by atoms with Crippen LogP contribution in [0.5, 0.6) is 0 Å². The molecule has 0 aromatic rings. The van der Waals surface area contributed by atoms with Crippen LogP contribution in [0.1, 0.15) is 51.4 Å². The highest BCUT2D eigenvalue weighted by atomic mass is 35.5. The normalized spacial score (nSPS) is 48.7. The lowest BCUT2D eigenvalue weighted by atomic mass is 9.35. The van der Waals surface area contributed by atoms with Gasteiger partial charge < -0.3 is 5.73 Å². The molecular weight excluding hydrogens is 182 g/mol. The molecule has 0 radical (unpaired) electrons. The van der Waals surface area contributed by atoms with Gasteiger partial charge in [0.2, 0.25) is 0 Å². The fourth-order valence-corrected chi connectivity index (χ4v) is 4.10. The van der Waals surface area contributed by atoms with Crippen molar-refractivity contribution in [2.45, 2.75) is 56.9 Å². The minimum Gasteiger partial charge on any atom is -0.325 e. The van der Waals surface area contributed by atoms with Gasteiger partial charge in [-0.3, -0.25) is 0 Å². The Bertz CT molecular complexity index is 188. The molecule has 0 aromatic heterocycles. The van der Waals surface area contributed by atoms with E-state index in [1.165, 1.54) is 51.4 Å². The Morgan fingerprint density at radius 3 is 1.92 bits per heavy atom. The summed E-state index contributed by atoms with van der Waals surface area (Å²) < 4.78 is 0. The van der Waals surface area contributed by atoms with Crippen LogP contribution in [0.25, 0.3) is 0 Å². The Morgan fingerprint density at radius 2 is 1.46 bits per heavy atom. The van der Waals surface area contributed by atoms with E-state index in [2.05, 4.69) is 0 Å². The molecule has 4 aliphatic rings. The lowest BCUT2D eigenvalue weighted by Crippen LogP contribution is -2.74. The molecule has 2 N–H and O–H groups in total. The Labute approximate surface area is 86.9 Å². The molecule has 1 nitrogen and oxygen atoms in total. The van der Waals surface area contributed by atoms with Crippen molar-refractivity contribution in [2.24, 2.45) is 17.1 Å². The second kappa shape index (κ2) is 2.87. The summed E-state index contributed by atoms with van der Waals surface area (Å²) in [5.41, 5.74) is 7.18. The summed E-state index contributed by atoms with van der Waals surface area (Å²) in [6.07, 6.45) is 11.6. The van der Waals surface area contributed by atoms with E-state index in [0.717, 1.165) is 11.3 Å². The molecule has 0 heterocycles. The van der Waals surface area contributed by atoms with Crippen molar-refractivity contribution >= 4 is 12.4 Å². The number of rotatable bonds is 1. The van der Waals surface area contributed by atoms with Gasteiger partial charge in [0, 0.05) is 5.54 Å². The zero-order valence-electron chi connectivity index (χ0n) is 8.22. The lowest BCUT2D eigenvalue weighted by Gasteiger charge is -2.72. The first-order valence-corrected chi connectivity index (χ1v) is 5.52. The maximum absolute atomic E-state index is 6.08. The first-order chi connectivity index (χ1) is 5.73. The van der Waals surface area contributed by atoms with Gasteiger partial charge in [0.25, 0.3) is 0 Å². The fraction of sp³-hybridized carbons (Fsp3) is 1.00. The third-order valence-electron chi connectivity index (χ3n) is 4.58. The smallest absolute Gasteiger partial charge is 0.0170 e. The second-order valence-corrected chi connectivity index (χ2v) is 5.59. The minimum absolute atomic E-state index is 0. The molecule has 0 unspecified atom stereocenters. The molecule has 2 bridgehead atoms. The van der Waals surface area contributed by atoms with E-state index in [1.54, 1.807) is 0 Å². The van der Waals surface area contributed by atoms with Gasteiger partial charge in [0.15, 0.2) is 0 Å². The summed E-state index contributed by atoms with van der Waals surface area (Å²) in [4.78, 5) is 0. The standard InChI is InChI=1S/C11H19N.ClH/c12-11-6-10(7-11,8-11)9-4-2-1-3-5-9;/h9H,1-8,12H2;1H. The molecule has 4 saturated carbocycles. The van der Waals surface area contributed by atoms with E-state index in [0.29, 0.717) is 5.54 Å². The van der Waals surface area contributed by atoms with Crippen molar-refractivity contribution in [1.29, 1.82) is 0 Å². The predicted octanol–water partition coefficient (Wildman–Crippen LogP) is 2.87. The molecule has 0 saturated heterocycles. The van der Waals surface area contributed by atoms with Crippen LogP contribution in [0, 0.1) is 11.3 Å². The van der Waals surface area contributed by atoms with Gasteiger partial charge in [-0.05, 0) is 43.4 Å². The van der Waals surface area contributed by atoms with Crippen molar-refractivity contribution in [1.82, 2.24) is 0 Å². The fourth-order valence-electron chi connectivity index (χ4n) is 4.10. The van der Waals surface area contributed by atoms with Gasteiger partial charge in [-0.15, -0.1) is 12.4 Å². The molecule has 4 fully saturated rings. The van der Waals surface area contributed by atoms with Crippen LogP contribution in [0.3, 0.4) is 0 Å². The molecule has 13 heavy (non-hydrogen) atoms. The van der Waals surface area contributed by atoms with Gasteiger partial charge in [-0.2, -0.15) is 0 Å². The van der Waals surface area contributed by atoms with E-state index < -0.39 is 0 Å². The molecule has 2 heteroatoms. The Kier molecular flexibility index (Phi) is 2.16. The average Bonchev–Trinajstić information content (AvgIpc) is 1.99. The monoisotopic (exact) mass is 201 g/mol. The van der Waals surface area contributed by atoms with Crippen LogP contribution >= 0.6 is 12.4 Å². The highest BCUT2D eigenvalue weighted by molar-refractivity contribution is 5.85. The van der Waals surface area contributed by atoms with E-state index in [-0.39, 0.29) is 12.4 Å². The first-order valence-electron chi connectivity index (χ1n) is 5.52. The lowest BCUT2D eigenvalue weighted by molar-refractivity contribution is -0.178. The van der Waals surface area contributed by atoms with Crippen molar-refractivity contribution in [3.05, 3.63) is 0 Å². The van der Waals surface area contributed by atoms with Crippen molar-refractivity contribution in [3.8, 4) is 0 Å². The van der Waals surface area contributed by atoms with Gasteiger partial charge in [-0.25, -0.2) is 0 Å². The van der Waals surface area contributed by atoms with Crippen molar-refractivity contribution in [3.63, 3.8) is 0 Å². The molecule has 4 aliphatic carbocycles. The van der Waals surface area contributed by atoms with E-state index in [4.69, 9.17) is 5.73 Å². The molecule has 0 amide bonds. The number of nitrogens with two attached hydrogens (primary N) is 1. The predicted molar refractivity (Wildman–Crippen MR) is 57.0 cm³/mol. The summed E-state index contributed by atoms with van der Waals surface area (Å²) in [6.45, 7) is 0. The van der Waals surface area contributed by atoms with E-state index in [9.17, 15) is 0 Å². The van der Waals surface area contributed by atoms with Crippen LogP contribution in [0.4, 0.5) is 0 Å². The number of halogens is 1. The Balaban J connectivity index is 0.000000653. The SMILES string of the molecule is Cl.NC12CC(C3CCCCC3)(C1)C2. The van der Waals surface area contributed by atoms with E-state index >= 15 is 0 Å². The van der Waals surface area contributed by atoms with Crippen LogP contribution in [0.2, 0.25) is 0 Å². The van der Waals surface area contributed by atoms with Crippen LogP contribution in [-0.2, 0) is 0 Å². The molecular formula is C11H20ClN. The third-order valence-corrected chi connectivity index (χ3v) is 4.58. The zero-order chi connectivity index (χ0) is 8.23. The zero-order valence-corrected chi connectivity index (χ0v) is 9.04. The first kappa shape index (κ1) is 9.79. The highest BCUT2D eigenvalue weighted by Crippen LogP contribution is 2.71. The molecule has 4 rings (SSSR count). The van der Waals surface area contributed by atoms with Crippen molar-refractivity contribution < 1.29 is 0 Å². The van der Waals surface area contributed by atoms with Gasteiger partial charge >= 0.3 is 0 Å².